The van der Waals surface area contributed by atoms with Crippen molar-refractivity contribution >= 4 is 11.0 Å². The highest BCUT2D eigenvalue weighted by Gasteiger charge is 2.15. The Morgan fingerprint density at radius 2 is 2.07 bits per heavy atom. The van der Waals surface area contributed by atoms with Crippen molar-refractivity contribution in [2.75, 3.05) is 0 Å². The molecule has 2 aromatic heterocycles. The lowest BCUT2D eigenvalue weighted by atomic mass is 10.1. The maximum atomic E-state index is 13.2. The second-order valence-electron chi connectivity index (χ2n) is 3.53. The van der Waals surface area contributed by atoms with E-state index in [1.807, 2.05) is 13.8 Å². The van der Waals surface area contributed by atoms with Crippen LogP contribution < -0.4 is 0 Å². The average molecular weight is 194 g/mol. The Hall–Kier alpha value is -1.52. The topological polar surface area (TPSA) is 43.6 Å². The highest BCUT2D eigenvalue weighted by molar-refractivity contribution is 5.77. The SMILES string of the molecule is CC(C)c1ncnc2c(F)nn(C)c12. The second kappa shape index (κ2) is 3.01. The summed E-state index contributed by atoms with van der Waals surface area (Å²) in [4.78, 5) is 8.02. The third-order valence-electron chi connectivity index (χ3n) is 2.15. The first-order valence-corrected chi connectivity index (χ1v) is 4.44. The van der Waals surface area contributed by atoms with Crippen molar-refractivity contribution in [3.05, 3.63) is 18.0 Å². The van der Waals surface area contributed by atoms with Crippen molar-refractivity contribution in [3.63, 3.8) is 0 Å². The van der Waals surface area contributed by atoms with Gasteiger partial charge in [0.15, 0.2) is 0 Å². The van der Waals surface area contributed by atoms with Gasteiger partial charge in [0.05, 0.1) is 5.69 Å². The Morgan fingerprint density at radius 1 is 1.36 bits per heavy atom. The second-order valence-corrected chi connectivity index (χ2v) is 3.53. The molecule has 0 spiro atoms. The van der Waals surface area contributed by atoms with E-state index in [1.165, 1.54) is 11.0 Å². The lowest BCUT2D eigenvalue weighted by molar-refractivity contribution is 0.560. The Labute approximate surface area is 80.8 Å². The quantitative estimate of drug-likeness (QED) is 0.693. The monoisotopic (exact) mass is 194 g/mol. The van der Waals surface area contributed by atoms with Crippen molar-refractivity contribution in [1.82, 2.24) is 19.7 Å². The van der Waals surface area contributed by atoms with Gasteiger partial charge in [0.25, 0.3) is 5.95 Å². The van der Waals surface area contributed by atoms with Gasteiger partial charge < -0.3 is 0 Å². The summed E-state index contributed by atoms with van der Waals surface area (Å²) in [6, 6.07) is 0. The number of halogens is 1. The van der Waals surface area contributed by atoms with E-state index >= 15 is 0 Å². The van der Waals surface area contributed by atoms with Gasteiger partial charge in [-0.15, -0.1) is 5.10 Å². The summed E-state index contributed by atoms with van der Waals surface area (Å²) in [5.74, 6) is -0.304. The van der Waals surface area contributed by atoms with Crippen molar-refractivity contribution in [2.45, 2.75) is 19.8 Å². The zero-order valence-corrected chi connectivity index (χ0v) is 8.32. The molecule has 0 aromatic carbocycles. The fourth-order valence-corrected chi connectivity index (χ4v) is 1.51. The number of hydrogen-bond donors (Lipinski definition) is 0. The molecule has 0 atom stereocenters. The summed E-state index contributed by atoms with van der Waals surface area (Å²) in [5.41, 5.74) is 1.81. The predicted octanol–water partition coefficient (Wildman–Crippen LogP) is 1.63. The number of aryl methyl sites for hydroxylation is 1. The molecule has 0 unspecified atom stereocenters. The van der Waals surface area contributed by atoms with Gasteiger partial charge in [0, 0.05) is 7.05 Å². The fourth-order valence-electron chi connectivity index (χ4n) is 1.51. The maximum Gasteiger partial charge on any atom is 0.258 e. The number of aromatic nitrogens is 4. The molecule has 0 radical (unpaired) electrons. The minimum absolute atomic E-state index is 0.232. The zero-order chi connectivity index (χ0) is 10.3. The minimum atomic E-state index is -0.535. The first kappa shape index (κ1) is 9.05. The van der Waals surface area contributed by atoms with Crippen LogP contribution in [0.1, 0.15) is 25.5 Å². The first-order chi connectivity index (χ1) is 6.61. The van der Waals surface area contributed by atoms with E-state index in [1.54, 1.807) is 7.05 Å². The molecule has 0 aliphatic heterocycles. The molecule has 0 N–H and O–H groups in total. The molecule has 0 aliphatic rings. The van der Waals surface area contributed by atoms with Gasteiger partial charge in [0.2, 0.25) is 0 Å². The van der Waals surface area contributed by atoms with E-state index in [0.29, 0.717) is 11.0 Å². The molecule has 0 aliphatic carbocycles. The van der Waals surface area contributed by atoms with Gasteiger partial charge in [-0.25, -0.2) is 9.97 Å². The van der Waals surface area contributed by atoms with Crippen LogP contribution in [0.5, 0.6) is 0 Å². The van der Waals surface area contributed by atoms with Gasteiger partial charge in [-0.2, -0.15) is 4.39 Å². The molecule has 0 bridgehead atoms. The van der Waals surface area contributed by atoms with E-state index in [4.69, 9.17) is 0 Å². The summed E-state index contributed by atoms with van der Waals surface area (Å²) in [6.07, 6.45) is 1.38. The van der Waals surface area contributed by atoms with Crippen LogP contribution in [0.4, 0.5) is 4.39 Å². The Kier molecular flexibility index (Phi) is 1.94. The normalized spacial score (nSPS) is 11.5. The van der Waals surface area contributed by atoms with E-state index in [9.17, 15) is 4.39 Å². The molecule has 5 heteroatoms. The van der Waals surface area contributed by atoms with Crippen molar-refractivity contribution in [1.29, 1.82) is 0 Å². The summed E-state index contributed by atoms with van der Waals surface area (Å²) in [6.45, 7) is 4.01. The molecule has 74 valence electrons. The highest BCUT2D eigenvalue weighted by Crippen LogP contribution is 2.22. The summed E-state index contributed by atoms with van der Waals surface area (Å²) in [5, 5.41) is 3.68. The summed E-state index contributed by atoms with van der Waals surface area (Å²) >= 11 is 0. The molecule has 4 nitrogen and oxygen atoms in total. The molecule has 0 fully saturated rings. The molecule has 2 rings (SSSR count). The van der Waals surface area contributed by atoms with Crippen molar-refractivity contribution in [2.24, 2.45) is 7.05 Å². The average Bonchev–Trinajstić information content (AvgIpc) is 2.43. The van der Waals surface area contributed by atoms with Crippen LogP contribution in [-0.2, 0) is 7.05 Å². The van der Waals surface area contributed by atoms with Crippen LogP contribution in [0.15, 0.2) is 6.33 Å². The highest BCUT2D eigenvalue weighted by atomic mass is 19.1. The largest absolute Gasteiger partial charge is 0.261 e. The lowest BCUT2D eigenvalue weighted by Crippen LogP contribution is -1.99. The van der Waals surface area contributed by atoms with Gasteiger partial charge in [-0.05, 0) is 5.92 Å². The number of fused-ring (bicyclic) bond motifs is 1. The third-order valence-corrected chi connectivity index (χ3v) is 2.15. The minimum Gasteiger partial charge on any atom is -0.261 e. The maximum absolute atomic E-state index is 13.2. The number of rotatable bonds is 1. The van der Waals surface area contributed by atoms with Crippen LogP contribution in [0.2, 0.25) is 0 Å². The van der Waals surface area contributed by atoms with Crippen molar-refractivity contribution in [3.8, 4) is 0 Å². The molecule has 14 heavy (non-hydrogen) atoms. The lowest BCUT2D eigenvalue weighted by Gasteiger charge is -2.05. The van der Waals surface area contributed by atoms with E-state index < -0.39 is 5.95 Å². The summed E-state index contributed by atoms with van der Waals surface area (Å²) in [7, 11) is 1.70. The van der Waals surface area contributed by atoms with Crippen LogP contribution in [-0.4, -0.2) is 19.7 Å². The van der Waals surface area contributed by atoms with Crippen LogP contribution in [0.25, 0.3) is 11.0 Å². The molecular weight excluding hydrogens is 183 g/mol. The smallest absolute Gasteiger partial charge is 0.258 e. The molecular formula is C9H11FN4. The van der Waals surface area contributed by atoms with Gasteiger partial charge in [-0.1, -0.05) is 13.8 Å². The molecule has 2 aromatic rings. The van der Waals surface area contributed by atoms with Crippen molar-refractivity contribution < 1.29 is 4.39 Å². The van der Waals surface area contributed by atoms with Crippen LogP contribution >= 0.6 is 0 Å². The van der Waals surface area contributed by atoms with Crippen LogP contribution in [0.3, 0.4) is 0 Å². The van der Waals surface area contributed by atoms with Gasteiger partial charge in [0.1, 0.15) is 17.4 Å². The number of hydrogen-bond acceptors (Lipinski definition) is 3. The van der Waals surface area contributed by atoms with Gasteiger partial charge in [-0.3, -0.25) is 4.68 Å². The van der Waals surface area contributed by atoms with Crippen LogP contribution in [0, 0.1) is 5.95 Å². The van der Waals surface area contributed by atoms with E-state index in [2.05, 4.69) is 15.1 Å². The first-order valence-electron chi connectivity index (χ1n) is 4.44. The molecule has 0 saturated carbocycles. The summed E-state index contributed by atoms with van der Waals surface area (Å²) < 4.78 is 14.7. The Balaban J connectivity index is 2.85. The fraction of sp³-hybridized carbons (Fsp3) is 0.444. The number of nitrogens with zero attached hydrogens (tertiary/aromatic N) is 4. The molecule has 2 heterocycles. The standard InChI is InChI=1S/C9H11FN4/c1-5(2)6-8-7(12-4-11-6)9(10)13-14(8)3/h4-5H,1-3H3. The zero-order valence-electron chi connectivity index (χ0n) is 8.32. The molecule has 0 saturated heterocycles. The Morgan fingerprint density at radius 3 is 2.71 bits per heavy atom. The van der Waals surface area contributed by atoms with Gasteiger partial charge >= 0.3 is 0 Å². The third kappa shape index (κ3) is 1.16. The predicted molar refractivity (Wildman–Crippen MR) is 50.4 cm³/mol. The van der Waals surface area contributed by atoms with E-state index in [-0.39, 0.29) is 5.92 Å². The molecule has 0 amide bonds. The Bertz CT molecular complexity index is 475. The van der Waals surface area contributed by atoms with E-state index in [0.717, 1.165) is 5.69 Å².